The molecule has 0 aromatic heterocycles. The van der Waals surface area contributed by atoms with Crippen molar-refractivity contribution >= 4 is 27.5 Å². The number of carbonyl (C=O) groups is 2. The molecule has 0 aliphatic carbocycles. The van der Waals surface area contributed by atoms with Crippen LogP contribution in [-0.4, -0.2) is 51.4 Å². The van der Waals surface area contributed by atoms with Gasteiger partial charge < -0.3 is 15.0 Å². The summed E-state index contributed by atoms with van der Waals surface area (Å²) >= 11 is 0. The van der Waals surface area contributed by atoms with Gasteiger partial charge in [0.25, 0.3) is 10.0 Å². The predicted molar refractivity (Wildman–Crippen MR) is 182 cm³/mol. The minimum atomic E-state index is -4.16. The molecule has 0 saturated heterocycles. The Labute approximate surface area is 273 Å². The molecule has 4 aromatic carbocycles. The lowest BCUT2D eigenvalue weighted by Crippen LogP contribution is -2.53. The number of amides is 2. The first-order valence-electron chi connectivity index (χ1n) is 15.4. The van der Waals surface area contributed by atoms with E-state index in [0.717, 1.165) is 26.6 Å². The van der Waals surface area contributed by atoms with Crippen LogP contribution in [0.25, 0.3) is 0 Å². The Hall–Kier alpha value is -4.63. The molecule has 0 heterocycles. The van der Waals surface area contributed by atoms with E-state index in [1.165, 1.54) is 4.90 Å². The SMILES string of the molecule is COc1cccc(CN(C(=O)CN(c2cccc(C)c2)S(=O)(=O)c2ccc(C)cc2)C(Cc2ccccc2)C(=O)NCC(C)C)c1. The van der Waals surface area contributed by atoms with Crippen molar-refractivity contribution in [2.75, 3.05) is 24.5 Å². The van der Waals surface area contributed by atoms with Crippen LogP contribution in [0.2, 0.25) is 0 Å². The van der Waals surface area contributed by atoms with Gasteiger partial charge >= 0.3 is 0 Å². The smallest absolute Gasteiger partial charge is 0.264 e. The predicted octanol–water partition coefficient (Wildman–Crippen LogP) is 5.92. The fourth-order valence-corrected chi connectivity index (χ4v) is 6.50. The molecule has 0 spiro atoms. The second-order valence-corrected chi connectivity index (χ2v) is 13.7. The summed E-state index contributed by atoms with van der Waals surface area (Å²) in [7, 11) is -2.60. The maximum atomic E-state index is 14.6. The number of ether oxygens (including phenoxy) is 1. The molecule has 8 nitrogen and oxygen atoms in total. The van der Waals surface area contributed by atoms with Gasteiger partial charge in [0.1, 0.15) is 18.3 Å². The third-order valence-corrected chi connectivity index (χ3v) is 9.41. The molecule has 2 amide bonds. The van der Waals surface area contributed by atoms with Gasteiger partial charge in [0.05, 0.1) is 17.7 Å². The molecule has 0 saturated carbocycles. The molecule has 0 radical (unpaired) electrons. The number of aryl methyl sites for hydroxylation is 2. The molecule has 0 bridgehead atoms. The molecule has 242 valence electrons. The zero-order valence-electron chi connectivity index (χ0n) is 27.1. The van der Waals surface area contributed by atoms with Crippen LogP contribution in [-0.2, 0) is 32.6 Å². The molecule has 0 fully saturated rings. The minimum Gasteiger partial charge on any atom is -0.497 e. The van der Waals surface area contributed by atoms with E-state index in [0.29, 0.717) is 18.0 Å². The number of sulfonamides is 1. The zero-order valence-corrected chi connectivity index (χ0v) is 28.0. The van der Waals surface area contributed by atoms with Crippen LogP contribution in [0.4, 0.5) is 5.69 Å². The highest BCUT2D eigenvalue weighted by Gasteiger charge is 2.34. The van der Waals surface area contributed by atoms with Gasteiger partial charge in [-0.15, -0.1) is 0 Å². The minimum absolute atomic E-state index is 0.0644. The summed E-state index contributed by atoms with van der Waals surface area (Å²) in [4.78, 5) is 30.0. The third-order valence-electron chi connectivity index (χ3n) is 7.62. The lowest BCUT2D eigenvalue weighted by molar-refractivity contribution is -0.140. The Kier molecular flexibility index (Phi) is 11.6. The van der Waals surface area contributed by atoms with Crippen molar-refractivity contribution in [2.45, 2.75) is 51.6 Å². The van der Waals surface area contributed by atoms with Crippen LogP contribution in [0.15, 0.2) is 108 Å². The number of hydrogen-bond acceptors (Lipinski definition) is 5. The number of nitrogens with zero attached hydrogens (tertiary/aromatic N) is 2. The highest BCUT2D eigenvalue weighted by Crippen LogP contribution is 2.26. The Morgan fingerprint density at radius 2 is 1.48 bits per heavy atom. The summed E-state index contributed by atoms with van der Waals surface area (Å²) in [5.74, 6) is -0.0182. The quantitative estimate of drug-likeness (QED) is 0.185. The molecular formula is C37H43N3O5S. The fraction of sp³-hybridized carbons (Fsp3) is 0.297. The Bertz CT molecular complexity index is 1720. The average molecular weight is 642 g/mol. The topological polar surface area (TPSA) is 96.0 Å². The number of methoxy groups -OCH3 is 1. The first-order chi connectivity index (χ1) is 22.0. The molecule has 1 unspecified atom stereocenters. The summed E-state index contributed by atoms with van der Waals surface area (Å²) in [6.45, 7) is 7.74. The van der Waals surface area contributed by atoms with E-state index in [1.807, 2.05) is 82.3 Å². The molecule has 4 aromatic rings. The molecule has 0 aliphatic rings. The van der Waals surface area contributed by atoms with Gasteiger partial charge in [0, 0.05) is 19.5 Å². The maximum absolute atomic E-state index is 14.6. The van der Waals surface area contributed by atoms with Crippen LogP contribution in [0.3, 0.4) is 0 Å². The Morgan fingerprint density at radius 3 is 2.13 bits per heavy atom. The summed E-state index contributed by atoms with van der Waals surface area (Å²) < 4.78 is 34.9. The molecule has 46 heavy (non-hydrogen) atoms. The van der Waals surface area contributed by atoms with Crippen molar-refractivity contribution in [3.63, 3.8) is 0 Å². The van der Waals surface area contributed by atoms with Gasteiger partial charge in [-0.2, -0.15) is 0 Å². The first-order valence-corrected chi connectivity index (χ1v) is 16.8. The first kappa shape index (κ1) is 34.2. The average Bonchev–Trinajstić information content (AvgIpc) is 3.04. The molecule has 4 rings (SSSR count). The van der Waals surface area contributed by atoms with Crippen LogP contribution < -0.4 is 14.4 Å². The highest BCUT2D eigenvalue weighted by atomic mass is 32.2. The monoisotopic (exact) mass is 641 g/mol. The normalized spacial score (nSPS) is 12.0. The van der Waals surface area contributed by atoms with Crippen LogP contribution in [0.5, 0.6) is 5.75 Å². The lowest BCUT2D eigenvalue weighted by Gasteiger charge is -2.34. The molecule has 0 aliphatic heterocycles. The van der Waals surface area contributed by atoms with E-state index >= 15 is 0 Å². The number of carbonyl (C=O) groups excluding carboxylic acids is 2. The van der Waals surface area contributed by atoms with Gasteiger partial charge in [0.15, 0.2) is 0 Å². The van der Waals surface area contributed by atoms with E-state index in [4.69, 9.17) is 4.74 Å². The van der Waals surface area contributed by atoms with Gasteiger partial charge in [0.2, 0.25) is 11.8 Å². The largest absolute Gasteiger partial charge is 0.497 e. The summed E-state index contributed by atoms with van der Waals surface area (Å²) in [6, 6.07) is 29.5. The zero-order chi connectivity index (χ0) is 33.3. The molecule has 1 atom stereocenters. The Morgan fingerprint density at radius 1 is 0.804 bits per heavy atom. The van der Waals surface area contributed by atoms with Crippen LogP contribution in [0, 0.1) is 19.8 Å². The van der Waals surface area contributed by atoms with Crippen molar-refractivity contribution in [3.8, 4) is 5.75 Å². The van der Waals surface area contributed by atoms with Crippen LogP contribution in [0.1, 0.15) is 36.1 Å². The van der Waals surface area contributed by atoms with Gasteiger partial charge in [-0.3, -0.25) is 13.9 Å². The lowest BCUT2D eigenvalue weighted by atomic mass is 10.0. The summed E-state index contributed by atoms with van der Waals surface area (Å²) in [5.41, 5.74) is 3.73. The van der Waals surface area contributed by atoms with E-state index < -0.39 is 28.5 Å². The standard InChI is InChI=1S/C37H43N3O5S/c1-27(2)24-38-37(42)35(23-30-12-7-6-8-13-30)39(25-31-14-10-16-33(22-31)45-5)36(41)26-40(32-15-9-11-29(4)21-32)46(43,44)34-19-17-28(3)18-20-34/h6-22,27,35H,23-26H2,1-5H3,(H,38,42). The van der Waals surface area contributed by atoms with Crippen LogP contribution >= 0.6 is 0 Å². The van der Waals surface area contributed by atoms with Gasteiger partial charge in [-0.1, -0.05) is 86.1 Å². The molecule has 9 heteroatoms. The number of hydrogen-bond donors (Lipinski definition) is 1. The summed E-state index contributed by atoms with van der Waals surface area (Å²) in [6.07, 6.45) is 0.246. The van der Waals surface area contributed by atoms with E-state index in [-0.39, 0.29) is 29.7 Å². The van der Waals surface area contributed by atoms with Crippen molar-refractivity contribution < 1.29 is 22.7 Å². The van der Waals surface area contributed by atoms with Crippen molar-refractivity contribution in [1.82, 2.24) is 10.2 Å². The number of benzene rings is 4. The maximum Gasteiger partial charge on any atom is 0.264 e. The number of rotatable bonds is 14. The van der Waals surface area contributed by atoms with Crippen molar-refractivity contribution in [2.24, 2.45) is 5.92 Å². The van der Waals surface area contributed by atoms with Crippen molar-refractivity contribution in [3.05, 3.63) is 125 Å². The molecular weight excluding hydrogens is 598 g/mol. The van der Waals surface area contributed by atoms with Gasteiger partial charge in [-0.25, -0.2) is 8.42 Å². The van der Waals surface area contributed by atoms with E-state index in [9.17, 15) is 18.0 Å². The van der Waals surface area contributed by atoms with Gasteiger partial charge in [-0.05, 0) is 72.9 Å². The second kappa shape index (κ2) is 15.6. The fourth-order valence-electron chi connectivity index (χ4n) is 5.09. The highest BCUT2D eigenvalue weighted by molar-refractivity contribution is 7.92. The third kappa shape index (κ3) is 8.97. The van der Waals surface area contributed by atoms with E-state index in [2.05, 4.69) is 5.32 Å². The summed E-state index contributed by atoms with van der Waals surface area (Å²) in [5, 5.41) is 3.01. The van der Waals surface area contributed by atoms with Crippen molar-refractivity contribution in [1.29, 1.82) is 0 Å². The molecule has 1 N–H and O–H groups in total. The second-order valence-electron chi connectivity index (χ2n) is 11.9. The number of nitrogens with one attached hydrogen (secondary N) is 1. The Balaban J connectivity index is 1.81. The van der Waals surface area contributed by atoms with E-state index in [1.54, 1.807) is 55.6 Å². The number of anilines is 1.